The normalized spacial score (nSPS) is 19.8. The topological polar surface area (TPSA) is 81.5 Å². The molecule has 34 heavy (non-hydrogen) atoms. The second kappa shape index (κ2) is 10.1. The number of aromatic nitrogens is 3. The zero-order valence-corrected chi connectivity index (χ0v) is 18.9. The van der Waals surface area contributed by atoms with Crippen LogP contribution in [0.4, 0.5) is 22.0 Å². The number of nitrogens with zero attached hydrogens (tertiary/aromatic N) is 4. The number of hydrogen-bond acceptors (Lipinski definition) is 6. The summed E-state index contributed by atoms with van der Waals surface area (Å²) >= 11 is 0. The number of pyridine rings is 1. The molecule has 1 saturated heterocycles. The van der Waals surface area contributed by atoms with Crippen LogP contribution in [-0.4, -0.2) is 64.7 Å². The van der Waals surface area contributed by atoms with Crippen molar-refractivity contribution in [1.82, 2.24) is 25.0 Å². The Hall–Kier alpha value is -2.96. The summed E-state index contributed by atoms with van der Waals surface area (Å²) in [6, 6.07) is 1.98. The van der Waals surface area contributed by atoms with Crippen LogP contribution < -0.4 is 14.8 Å². The van der Waals surface area contributed by atoms with Gasteiger partial charge in [0.1, 0.15) is 6.61 Å². The first kappa shape index (κ1) is 25.7. The highest BCUT2D eigenvalue weighted by molar-refractivity contribution is 5.82. The molecule has 2 unspecified atom stereocenters. The quantitative estimate of drug-likeness (QED) is 0.569. The number of hydrogen-bond donors (Lipinski definition) is 1. The molecule has 1 N–H and O–H groups in total. The zero-order chi connectivity index (χ0) is 25.1. The fourth-order valence-electron chi connectivity index (χ4n) is 3.64. The maximum atomic E-state index is 13.1. The zero-order valence-electron chi connectivity index (χ0n) is 18.9. The van der Waals surface area contributed by atoms with E-state index in [1.807, 2.05) is 11.9 Å². The summed E-state index contributed by atoms with van der Waals surface area (Å²) in [5, 5.41) is 6.65. The minimum absolute atomic E-state index is 0.269. The molecular formula is C21H26F5N5O3. The van der Waals surface area contributed by atoms with Gasteiger partial charge in [-0.25, -0.2) is 9.67 Å². The number of ether oxygens (including phenoxy) is 2. The van der Waals surface area contributed by atoms with Gasteiger partial charge in [-0.15, -0.1) is 13.2 Å². The van der Waals surface area contributed by atoms with Gasteiger partial charge in [0.15, 0.2) is 5.75 Å². The van der Waals surface area contributed by atoms with E-state index >= 15 is 0 Å². The van der Waals surface area contributed by atoms with Gasteiger partial charge in [0.2, 0.25) is 5.91 Å². The van der Waals surface area contributed by atoms with Crippen LogP contribution in [0.1, 0.15) is 38.3 Å². The molecule has 1 amide bonds. The van der Waals surface area contributed by atoms with Crippen LogP contribution in [0.3, 0.4) is 0 Å². The molecule has 0 aliphatic carbocycles. The van der Waals surface area contributed by atoms with Crippen LogP contribution in [0.25, 0.3) is 0 Å². The second-order valence-corrected chi connectivity index (χ2v) is 8.80. The van der Waals surface area contributed by atoms with E-state index in [9.17, 15) is 26.7 Å². The van der Waals surface area contributed by atoms with Gasteiger partial charge in [0.05, 0.1) is 11.6 Å². The highest BCUT2D eigenvalue weighted by Crippen LogP contribution is 2.32. The molecular weight excluding hydrogens is 465 g/mol. The Balaban J connectivity index is 1.68. The predicted octanol–water partition coefficient (Wildman–Crippen LogP) is 3.58. The summed E-state index contributed by atoms with van der Waals surface area (Å²) in [6.07, 6.45) is -0.463. The molecule has 3 rings (SSSR count). The van der Waals surface area contributed by atoms with Crippen molar-refractivity contribution in [2.24, 2.45) is 5.41 Å². The van der Waals surface area contributed by atoms with Crippen LogP contribution in [0.15, 0.2) is 30.7 Å². The lowest BCUT2D eigenvalue weighted by Gasteiger charge is -2.38. The van der Waals surface area contributed by atoms with Gasteiger partial charge in [-0.05, 0) is 51.6 Å². The summed E-state index contributed by atoms with van der Waals surface area (Å²) in [5.41, 5.74) is -0.567. The molecule has 0 saturated carbocycles. The fraction of sp³-hybridized carbons (Fsp3) is 0.571. The van der Waals surface area contributed by atoms with Crippen LogP contribution in [0, 0.1) is 5.41 Å². The number of likely N-dealkylation sites (tertiary alicyclic amines) is 1. The lowest BCUT2D eigenvalue weighted by Crippen LogP contribution is -2.52. The predicted molar refractivity (Wildman–Crippen MR) is 110 cm³/mol. The summed E-state index contributed by atoms with van der Waals surface area (Å²) in [5.74, 6) is -1.67. The molecule has 2 aromatic rings. The van der Waals surface area contributed by atoms with E-state index in [0.29, 0.717) is 29.8 Å². The van der Waals surface area contributed by atoms with Crippen molar-refractivity contribution >= 4 is 5.91 Å². The molecule has 0 radical (unpaired) electrons. The molecule has 8 nitrogen and oxygen atoms in total. The summed E-state index contributed by atoms with van der Waals surface area (Å²) in [7, 11) is 1.90. The summed E-state index contributed by atoms with van der Waals surface area (Å²) < 4.78 is 73.7. The smallest absolute Gasteiger partial charge is 0.474 e. The third-order valence-electron chi connectivity index (χ3n) is 5.53. The van der Waals surface area contributed by atoms with Crippen molar-refractivity contribution in [2.75, 3.05) is 26.7 Å². The molecule has 3 heterocycles. The third-order valence-corrected chi connectivity index (χ3v) is 5.53. The molecule has 0 spiro atoms. The molecule has 2 atom stereocenters. The standard InChI is InChI=1S/C21H26F5N5O3/c1-20(2,12-33-17-16(5-4-7-27-17)34-21(24,25)26)18(32)29-15-6-8-30(3)11-14(15)13-9-28-31(10-13)19(22)23/h4-5,7,9-10,14-15,19H,6,8,11-12H2,1-3H3,(H,29,32). The summed E-state index contributed by atoms with van der Waals surface area (Å²) in [6.45, 7) is 1.33. The molecule has 1 fully saturated rings. The molecule has 1 aliphatic rings. The average molecular weight is 491 g/mol. The lowest BCUT2D eigenvalue weighted by molar-refractivity contribution is -0.275. The molecule has 0 bridgehead atoms. The van der Waals surface area contributed by atoms with Gasteiger partial charge in [-0.2, -0.15) is 13.9 Å². The minimum atomic E-state index is -4.92. The van der Waals surface area contributed by atoms with Gasteiger partial charge in [0.25, 0.3) is 5.88 Å². The lowest BCUT2D eigenvalue weighted by atomic mass is 9.86. The van der Waals surface area contributed by atoms with Crippen molar-refractivity contribution in [2.45, 2.75) is 45.1 Å². The van der Waals surface area contributed by atoms with E-state index in [2.05, 4.69) is 20.1 Å². The molecule has 2 aromatic heterocycles. The van der Waals surface area contributed by atoms with Crippen molar-refractivity contribution in [3.63, 3.8) is 0 Å². The molecule has 188 valence electrons. The third kappa shape index (κ3) is 6.55. The van der Waals surface area contributed by atoms with Crippen LogP contribution in [-0.2, 0) is 4.79 Å². The maximum Gasteiger partial charge on any atom is 0.573 e. The molecule has 1 aliphatic heterocycles. The number of halogens is 5. The largest absolute Gasteiger partial charge is 0.573 e. The number of likely N-dealkylation sites (N-methyl/N-ethyl adjacent to an activating group) is 1. The van der Waals surface area contributed by atoms with Crippen LogP contribution in [0.2, 0.25) is 0 Å². The van der Waals surface area contributed by atoms with Gasteiger partial charge in [-0.1, -0.05) is 0 Å². The Kier molecular flexibility index (Phi) is 7.64. The molecule has 0 aromatic carbocycles. The second-order valence-electron chi connectivity index (χ2n) is 8.80. The van der Waals surface area contributed by atoms with E-state index in [0.717, 1.165) is 6.07 Å². The van der Waals surface area contributed by atoms with Crippen LogP contribution in [0.5, 0.6) is 11.6 Å². The van der Waals surface area contributed by atoms with Crippen molar-refractivity contribution < 1.29 is 36.2 Å². The Bertz CT molecular complexity index is 982. The number of carbonyl (C=O) groups excluding carboxylic acids is 1. The van der Waals surface area contributed by atoms with E-state index in [1.54, 1.807) is 13.8 Å². The first-order valence-electron chi connectivity index (χ1n) is 10.5. The van der Waals surface area contributed by atoms with Gasteiger partial charge in [-0.3, -0.25) is 4.79 Å². The van der Waals surface area contributed by atoms with Crippen LogP contribution >= 0.6 is 0 Å². The Morgan fingerprint density at radius 1 is 1.32 bits per heavy atom. The number of carbonyl (C=O) groups is 1. The molecule has 13 heteroatoms. The minimum Gasteiger partial charge on any atom is -0.474 e. The van der Waals surface area contributed by atoms with Gasteiger partial charge in [0, 0.05) is 30.9 Å². The van der Waals surface area contributed by atoms with Gasteiger partial charge < -0.3 is 19.7 Å². The van der Waals surface area contributed by atoms with E-state index < -0.39 is 35.9 Å². The fourth-order valence-corrected chi connectivity index (χ4v) is 3.64. The van der Waals surface area contributed by atoms with E-state index in [4.69, 9.17) is 4.74 Å². The Morgan fingerprint density at radius 3 is 2.71 bits per heavy atom. The van der Waals surface area contributed by atoms with Crippen molar-refractivity contribution in [3.8, 4) is 11.6 Å². The first-order valence-corrected chi connectivity index (χ1v) is 10.5. The number of rotatable bonds is 8. The van der Waals surface area contributed by atoms with E-state index in [1.165, 1.54) is 24.7 Å². The number of amides is 1. The number of alkyl halides is 5. The highest BCUT2D eigenvalue weighted by atomic mass is 19.4. The Morgan fingerprint density at radius 2 is 2.06 bits per heavy atom. The Labute approximate surface area is 193 Å². The number of nitrogens with one attached hydrogen (secondary N) is 1. The number of piperidine rings is 1. The SMILES string of the molecule is CN1CCC(NC(=O)C(C)(C)COc2ncccc2OC(F)(F)F)C(c2cnn(C(F)F)c2)C1. The average Bonchev–Trinajstić information content (AvgIpc) is 3.24. The van der Waals surface area contributed by atoms with E-state index in [-0.39, 0.29) is 18.6 Å². The summed E-state index contributed by atoms with van der Waals surface area (Å²) in [4.78, 5) is 18.9. The van der Waals surface area contributed by atoms with Crippen molar-refractivity contribution in [3.05, 3.63) is 36.3 Å². The van der Waals surface area contributed by atoms with Gasteiger partial charge >= 0.3 is 12.9 Å². The monoisotopic (exact) mass is 491 g/mol. The first-order chi connectivity index (χ1) is 15.9. The maximum absolute atomic E-state index is 13.1. The highest BCUT2D eigenvalue weighted by Gasteiger charge is 2.37. The van der Waals surface area contributed by atoms with Crippen molar-refractivity contribution in [1.29, 1.82) is 0 Å².